The van der Waals surface area contributed by atoms with E-state index in [1.165, 1.54) is 0 Å². The maximum Gasteiger partial charge on any atom is 0.232 e. The van der Waals surface area contributed by atoms with Crippen LogP contribution < -0.4 is 4.74 Å². The quantitative estimate of drug-likeness (QED) is 0.612. The van der Waals surface area contributed by atoms with Gasteiger partial charge in [0.1, 0.15) is 0 Å². The van der Waals surface area contributed by atoms with E-state index in [-0.39, 0.29) is 0 Å². The Bertz CT molecular complexity index is 193. The van der Waals surface area contributed by atoms with Gasteiger partial charge in [0.25, 0.3) is 0 Å². The smallest absolute Gasteiger partial charge is 0.232 e. The molecule has 0 aromatic carbocycles. The molecule has 0 spiro atoms. The Morgan fingerprint density at radius 2 is 2.30 bits per heavy atom. The molecule has 0 aliphatic heterocycles. The van der Waals surface area contributed by atoms with Crippen LogP contribution in [0, 0.1) is 0 Å². The van der Waals surface area contributed by atoms with E-state index in [1.54, 1.807) is 19.5 Å². The largest absolute Gasteiger partial charge is 0.480 e. The van der Waals surface area contributed by atoms with Gasteiger partial charge in [-0.3, -0.25) is 4.98 Å². The summed E-state index contributed by atoms with van der Waals surface area (Å²) < 4.78 is 4.88. The minimum atomic E-state index is 0.583. The van der Waals surface area contributed by atoms with Crippen LogP contribution in [0.4, 0.5) is 0 Å². The van der Waals surface area contributed by atoms with E-state index < -0.39 is 0 Å². The summed E-state index contributed by atoms with van der Waals surface area (Å²) in [5, 5.41) is 0. The number of aromatic nitrogens is 2. The Morgan fingerprint density at radius 1 is 1.50 bits per heavy atom. The van der Waals surface area contributed by atoms with E-state index in [0.29, 0.717) is 5.88 Å². The zero-order valence-electron chi connectivity index (χ0n) is 6.16. The monoisotopic (exact) mass is 138 g/mol. The first-order valence-electron chi connectivity index (χ1n) is 3.21. The van der Waals surface area contributed by atoms with Gasteiger partial charge in [0.2, 0.25) is 5.88 Å². The molecule has 3 nitrogen and oxygen atoms in total. The van der Waals surface area contributed by atoms with E-state index >= 15 is 0 Å². The second-order valence-corrected chi connectivity index (χ2v) is 1.91. The van der Waals surface area contributed by atoms with Gasteiger partial charge in [-0.05, 0) is 6.42 Å². The molecule has 0 unspecified atom stereocenters. The first kappa shape index (κ1) is 6.99. The van der Waals surface area contributed by atoms with Crippen LogP contribution in [-0.2, 0) is 6.42 Å². The fraction of sp³-hybridized carbons (Fsp3) is 0.429. The number of rotatable bonds is 2. The molecule has 0 radical (unpaired) electrons. The Labute approximate surface area is 60.1 Å². The van der Waals surface area contributed by atoms with Crippen molar-refractivity contribution in [3.05, 3.63) is 18.1 Å². The molecule has 1 aromatic heterocycles. The molecule has 3 heteroatoms. The summed E-state index contributed by atoms with van der Waals surface area (Å²) in [6.07, 6.45) is 4.23. The molecule has 0 N–H and O–H groups in total. The molecule has 0 bridgehead atoms. The summed E-state index contributed by atoms with van der Waals surface area (Å²) in [6.45, 7) is 2.03. The summed E-state index contributed by atoms with van der Waals surface area (Å²) in [7, 11) is 1.59. The highest BCUT2D eigenvalue weighted by molar-refractivity contribution is 5.07. The molecule has 0 saturated heterocycles. The van der Waals surface area contributed by atoms with Crippen molar-refractivity contribution in [1.29, 1.82) is 0 Å². The van der Waals surface area contributed by atoms with Gasteiger partial charge in [0.15, 0.2) is 0 Å². The standard InChI is InChI=1S/C7H10N2O/c1-3-6-4-8-5-7(9-6)10-2/h4-5H,3H2,1-2H3. The lowest BCUT2D eigenvalue weighted by molar-refractivity contribution is 0.394. The van der Waals surface area contributed by atoms with Crippen molar-refractivity contribution in [1.82, 2.24) is 9.97 Å². The van der Waals surface area contributed by atoms with Crippen molar-refractivity contribution >= 4 is 0 Å². The maximum atomic E-state index is 4.88. The summed E-state index contributed by atoms with van der Waals surface area (Å²) >= 11 is 0. The highest BCUT2D eigenvalue weighted by Gasteiger charge is 1.93. The van der Waals surface area contributed by atoms with Crippen LogP contribution >= 0.6 is 0 Å². The normalized spacial score (nSPS) is 9.40. The lowest BCUT2D eigenvalue weighted by atomic mass is 10.4. The van der Waals surface area contributed by atoms with Gasteiger partial charge in [-0.1, -0.05) is 6.92 Å². The molecule has 0 aliphatic carbocycles. The summed E-state index contributed by atoms with van der Waals surface area (Å²) in [5.41, 5.74) is 0.958. The number of hydrogen-bond donors (Lipinski definition) is 0. The fourth-order valence-electron chi connectivity index (χ4n) is 0.655. The summed E-state index contributed by atoms with van der Waals surface area (Å²) in [5.74, 6) is 0.583. The van der Waals surface area contributed by atoms with Crippen molar-refractivity contribution in [2.24, 2.45) is 0 Å². The molecule has 1 heterocycles. The van der Waals surface area contributed by atoms with Gasteiger partial charge in [0.05, 0.1) is 19.0 Å². The van der Waals surface area contributed by atoms with Crippen molar-refractivity contribution in [2.75, 3.05) is 7.11 Å². The van der Waals surface area contributed by atoms with Crippen LogP contribution in [-0.4, -0.2) is 17.1 Å². The number of ether oxygens (including phenoxy) is 1. The predicted molar refractivity (Wildman–Crippen MR) is 38.0 cm³/mol. The predicted octanol–water partition coefficient (Wildman–Crippen LogP) is 1.05. The second kappa shape index (κ2) is 3.15. The van der Waals surface area contributed by atoms with Crippen LogP contribution in [0.1, 0.15) is 12.6 Å². The lowest BCUT2D eigenvalue weighted by Gasteiger charge is -1.98. The third-order valence-corrected chi connectivity index (χ3v) is 1.23. The second-order valence-electron chi connectivity index (χ2n) is 1.91. The van der Waals surface area contributed by atoms with Crippen LogP contribution in [0.2, 0.25) is 0 Å². The van der Waals surface area contributed by atoms with Crippen molar-refractivity contribution < 1.29 is 4.74 Å². The van der Waals surface area contributed by atoms with Gasteiger partial charge < -0.3 is 4.74 Å². The molecule has 1 rings (SSSR count). The lowest BCUT2D eigenvalue weighted by Crippen LogP contribution is -1.92. The molecule has 0 amide bonds. The third kappa shape index (κ3) is 1.43. The van der Waals surface area contributed by atoms with E-state index in [0.717, 1.165) is 12.1 Å². The zero-order valence-corrected chi connectivity index (χ0v) is 6.16. The number of hydrogen-bond acceptors (Lipinski definition) is 3. The molecule has 0 atom stereocenters. The van der Waals surface area contributed by atoms with Gasteiger partial charge in [-0.25, -0.2) is 4.98 Å². The summed E-state index contributed by atoms with van der Waals surface area (Å²) in [6, 6.07) is 0. The first-order chi connectivity index (χ1) is 4.86. The molecule has 0 fully saturated rings. The number of methoxy groups -OCH3 is 1. The Morgan fingerprint density at radius 3 is 2.90 bits per heavy atom. The van der Waals surface area contributed by atoms with Crippen LogP contribution in [0.25, 0.3) is 0 Å². The highest BCUT2D eigenvalue weighted by Crippen LogP contribution is 2.03. The number of nitrogens with zero attached hydrogens (tertiary/aromatic N) is 2. The average Bonchev–Trinajstić information content (AvgIpc) is 2.05. The van der Waals surface area contributed by atoms with Gasteiger partial charge in [-0.2, -0.15) is 0 Å². The van der Waals surface area contributed by atoms with Gasteiger partial charge >= 0.3 is 0 Å². The zero-order chi connectivity index (χ0) is 7.40. The van der Waals surface area contributed by atoms with Gasteiger partial charge in [0, 0.05) is 6.20 Å². The van der Waals surface area contributed by atoms with Crippen LogP contribution in [0.3, 0.4) is 0 Å². The molecule has 1 aromatic rings. The molecule has 54 valence electrons. The van der Waals surface area contributed by atoms with E-state index in [1.807, 2.05) is 6.92 Å². The minimum Gasteiger partial charge on any atom is -0.480 e. The van der Waals surface area contributed by atoms with Crippen LogP contribution in [0.5, 0.6) is 5.88 Å². The SMILES string of the molecule is CCc1cncc(OC)n1. The molecule has 10 heavy (non-hydrogen) atoms. The van der Waals surface area contributed by atoms with Crippen molar-refractivity contribution in [2.45, 2.75) is 13.3 Å². The Kier molecular flexibility index (Phi) is 2.20. The van der Waals surface area contributed by atoms with E-state index in [4.69, 9.17) is 4.74 Å². The highest BCUT2D eigenvalue weighted by atomic mass is 16.5. The first-order valence-corrected chi connectivity index (χ1v) is 3.21. The molecular weight excluding hydrogens is 128 g/mol. The van der Waals surface area contributed by atoms with Crippen molar-refractivity contribution in [3.8, 4) is 5.88 Å². The number of aryl methyl sites for hydroxylation is 1. The van der Waals surface area contributed by atoms with E-state index in [2.05, 4.69) is 9.97 Å². The van der Waals surface area contributed by atoms with Gasteiger partial charge in [-0.15, -0.1) is 0 Å². The molecular formula is C7H10N2O. The molecule has 0 aliphatic rings. The Balaban J connectivity index is 2.87. The fourth-order valence-corrected chi connectivity index (χ4v) is 0.655. The van der Waals surface area contributed by atoms with E-state index in [9.17, 15) is 0 Å². The Hall–Kier alpha value is -1.12. The van der Waals surface area contributed by atoms with Crippen LogP contribution in [0.15, 0.2) is 12.4 Å². The average molecular weight is 138 g/mol. The van der Waals surface area contributed by atoms with Crippen molar-refractivity contribution in [3.63, 3.8) is 0 Å². The molecule has 0 saturated carbocycles. The topological polar surface area (TPSA) is 35.0 Å². The minimum absolute atomic E-state index is 0.583. The third-order valence-electron chi connectivity index (χ3n) is 1.23. The summed E-state index contributed by atoms with van der Waals surface area (Å²) in [4.78, 5) is 8.06. The maximum absolute atomic E-state index is 4.88.